The summed E-state index contributed by atoms with van der Waals surface area (Å²) in [6, 6.07) is 1.00. The molecule has 2 aliphatic rings. The summed E-state index contributed by atoms with van der Waals surface area (Å²) in [5.74, 6) is 0.254. The number of nitrogens with one attached hydrogen (secondary N) is 2. The van der Waals surface area contributed by atoms with E-state index in [9.17, 15) is 13.2 Å². The van der Waals surface area contributed by atoms with Gasteiger partial charge in [-0.1, -0.05) is 0 Å². The van der Waals surface area contributed by atoms with Crippen LogP contribution in [0, 0.1) is 0 Å². The third-order valence-corrected chi connectivity index (χ3v) is 6.80. The van der Waals surface area contributed by atoms with Crippen LogP contribution < -0.4 is 10.6 Å². The summed E-state index contributed by atoms with van der Waals surface area (Å²) in [6.45, 7) is 16.6. The van der Waals surface area contributed by atoms with Gasteiger partial charge in [-0.15, -0.1) is 0 Å². The third-order valence-electron chi connectivity index (χ3n) is 5.50. The summed E-state index contributed by atoms with van der Waals surface area (Å²) in [4.78, 5) is 15.8. The van der Waals surface area contributed by atoms with Gasteiger partial charge in [0.15, 0.2) is 0 Å². The molecule has 0 aromatic carbocycles. The van der Waals surface area contributed by atoms with E-state index in [0.29, 0.717) is 31.7 Å². The van der Waals surface area contributed by atoms with E-state index in [4.69, 9.17) is 0 Å². The molecular weight excluding hydrogens is 426 g/mol. The van der Waals surface area contributed by atoms with E-state index < -0.39 is 10.0 Å². The maximum Gasteiger partial charge on any atom is 0.236 e. The maximum absolute atomic E-state index is 11.9. The Hall–Kier alpha value is -0.740. The Morgan fingerprint density at radius 1 is 0.844 bits per heavy atom. The molecule has 32 heavy (non-hydrogen) atoms. The van der Waals surface area contributed by atoms with Gasteiger partial charge in [-0.05, 0) is 81.3 Å². The van der Waals surface area contributed by atoms with Crippen molar-refractivity contribution in [2.45, 2.75) is 90.4 Å². The second kappa shape index (κ2) is 12.1. The normalized spacial score (nSPS) is 20.2. The number of likely N-dealkylation sites (tertiary alicyclic amines) is 1. The van der Waals surface area contributed by atoms with Crippen molar-refractivity contribution < 1.29 is 13.2 Å². The molecule has 2 fully saturated rings. The van der Waals surface area contributed by atoms with Crippen molar-refractivity contribution in [3.63, 3.8) is 0 Å². The molecule has 1 amide bonds. The van der Waals surface area contributed by atoms with Crippen LogP contribution in [-0.4, -0.2) is 105 Å². The molecule has 9 heteroatoms. The van der Waals surface area contributed by atoms with Gasteiger partial charge in [-0.2, -0.15) is 0 Å². The van der Waals surface area contributed by atoms with Crippen LogP contribution in [0.25, 0.3) is 0 Å². The van der Waals surface area contributed by atoms with Crippen LogP contribution in [0.4, 0.5) is 0 Å². The fraction of sp³-hybridized carbons (Fsp3) is 0.957. The zero-order valence-electron chi connectivity index (χ0n) is 22.0. The molecular formula is C23H49N5O3S. The number of amides is 1. The Balaban J connectivity index is 0.000000323. The lowest BCUT2D eigenvalue weighted by Crippen LogP contribution is -2.51. The van der Waals surface area contributed by atoms with Crippen molar-refractivity contribution in [2.75, 3.05) is 53.1 Å². The largest absolute Gasteiger partial charge is 0.341 e. The third kappa shape index (κ3) is 12.5. The highest BCUT2D eigenvalue weighted by Crippen LogP contribution is 2.16. The molecule has 0 unspecified atom stereocenters. The van der Waals surface area contributed by atoms with E-state index in [-0.39, 0.29) is 17.0 Å². The SMILES string of the molecule is CC(C)(C)NC1CCN(S(C)(=O)=O)CC1.CN(C)CC(=O)N1CCC(NC(C)(C)C)CC1. The van der Waals surface area contributed by atoms with E-state index in [1.54, 1.807) is 4.31 Å². The second-order valence-corrected chi connectivity index (χ2v) is 13.6. The van der Waals surface area contributed by atoms with E-state index in [2.05, 4.69) is 52.2 Å². The Labute approximate surface area is 197 Å². The highest BCUT2D eigenvalue weighted by molar-refractivity contribution is 7.88. The van der Waals surface area contributed by atoms with Crippen LogP contribution in [-0.2, 0) is 14.8 Å². The number of hydrogen-bond acceptors (Lipinski definition) is 6. The first kappa shape index (κ1) is 29.3. The van der Waals surface area contributed by atoms with E-state index in [0.717, 1.165) is 38.8 Å². The van der Waals surface area contributed by atoms with E-state index in [1.165, 1.54) is 6.26 Å². The van der Waals surface area contributed by atoms with Crippen molar-refractivity contribution in [2.24, 2.45) is 0 Å². The number of nitrogens with zero attached hydrogens (tertiary/aromatic N) is 3. The Bertz CT molecular complexity index is 667. The van der Waals surface area contributed by atoms with Crippen molar-refractivity contribution in [3.8, 4) is 0 Å². The van der Waals surface area contributed by atoms with Gasteiger partial charge in [0.1, 0.15) is 0 Å². The molecule has 2 rings (SSSR count). The van der Waals surface area contributed by atoms with Crippen LogP contribution in [0.2, 0.25) is 0 Å². The molecule has 0 spiro atoms. The number of rotatable bonds is 5. The zero-order valence-corrected chi connectivity index (χ0v) is 22.8. The number of hydrogen-bond donors (Lipinski definition) is 2. The number of piperidine rings is 2. The summed E-state index contributed by atoms with van der Waals surface area (Å²) in [6.07, 6.45) is 5.23. The van der Waals surface area contributed by atoms with Crippen LogP contribution in [0.3, 0.4) is 0 Å². The van der Waals surface area contributed by atoms with Crippen LogP contribution in [0.5, 0.6) is 0 Å². The molecule has 8 nitrogen and oxygen atoms in total. The summed E-state index contributed by atoms with van der Waals surface area (Å²) < 4.78 is 24.1. The van der Waals surface area contributed by atoms with Gasteiger partial charge in [0.25, 0.3) is 0 Å². The zero-order chi connectivity index (χ0) is 24.7. The molecule has 0 bridgehead atoms. The molecule has 2 saturated heterocycles. The Kier molecular flexibility index (Phi) is 11.1. The molecule has 190 valence electrons. The molecule has 0 radical (unpaired) electrons. The smallest absolute Gasteiger partial charge is 0.236 e. The Morgan fingerprint density at radius 2 is 1.22 bits per heavy atom. The van der Waals surface area contributed by atoms with Crippen molar-refractivity contribution >= 4 is 15.9 Å². The van der Waals surface area contributed by atoms with Gasteiger partial charge in [0, 0.05) is 49.3 Å². The molecule has 0 aromatic rings. The quantitative estimate of drug-likeness (QED) is 0.630. The molecule has 2 aliphatic heterocycles. The van der Waals surface area contributed by atoms with Gasteiger partial charge in [0.2, 0.25) is 15.9 Å². The van der Waals surface area contributed by atoms with E-state index in [1.807, 2.05) is 23.9 Å². The topological polar surface area (TPSA) is 85.0 Å². The molecule has 0 atom stereocenters. The fourth-order valence-electron chi connectivity index (χ4n) is 4.20. The van der Waals surface area contributed by atoms with Crippen molar-refractivity contribution in [1.82, 2.24) is 24.7 Å². The monoisotopic (exact) mass is 475 g/mol. The number of likely N-dealkylation sites (N-methyl/N-ethyl adjacent to an activating group) is 1. The standard InChI is InChI=1S/C13H27N3O.C10H22N2O2S/c1-13(2,3)14-11-6-8-16(9-7-11)12(17)10-15(4)5;1-10(2,3)11-9-5-7-12(8-6-9)15(4,13)14/h11,14H,6-10H2,1-5H3;9,11H,5-8H2,1-4H3. The van der Waals surface area contributed by atoms with Crippen molar-refractivity contribution in [3.05, 3.63) is 0 Å². The minimum absolute atomic E-state index is 0.109. The number of sulfonamides is 1. The number of carbonyl (C=O) groups excluding carboxylic acids is 1. The lowest BCUT2D eigenvalue weighted by molar-refractivity contribution is -0.133. The lowest BCUT2D eigenvalue weighted by atomic mass is 10.00. The summed E-state index contributed by atoms with van der Waals surface area (Å²) in [5, 5.41) is 7.12. The molecule has 0 aromatic heterocycles. The first-order valence-corrected chi connectivity index (χ1v) is 13.7. The number of carbonyl (C=O) groups is 1. The molecule has 2 heterocycles. The Morgan fingerprint density at radius 3 is 1.53 bits per heavy atom. The summed E-state index contributed by atoms with van der Waals surface area (Å²) in [7, 11) is 0.885. The predicted octanol–water partition coefficient (Wildman–Crippen LogP) is 1.73. The minimum atomic E-state index is -2.99. The highest BCUT2D eigenvalue weighted by atomic mass is 32.2. The van der Waals surface area contributed by atoms with Crippen LogP contribution in [0.1, 0.15) is 67.2 Å². The van der Waals surface area contributed by atoms with Gasteiger partial charge >= 0.3 is 0 Å². The first-order valence-electron chi connectivity index (χ1n) is 11.9. The van der Waals surface area contributed by atoms with Gasteiger partial charge in [0.05, 0.1) is 12.8 Å². The maximum atomic E-state index is 11.9. The first-order chi connectivity index (χ1) is 14.5. The van der Waals surface area contributed by atoms with Gasteiger partial charge < -0.3 is 20.4 Å². The molecule has 2 N–H and O–H groups in total. The average molecular weight is 476 g/mol. The lowest BCUT2D eigenvalue weighted by Gasteiger charge is -2.36. The minimum Gasteiger partial charge on any atom is -0.341 e. The van der Waals surface area contributed by atoms with Crippen molar-refractivity contribution in [1.29, 1.82) is 0 Å². The fourth-order valence-corrected chi connectivity index (χ4v) is 5.07. The molecule has 0 aliphatic carbocycles. The van der Waals surface area contributed by atoms with Gasteiger partial charge in [-0.25, -0.2) is 12.7 Å². The molecule has 0 saturated carbocycles. The predicted molar refractivity (Wildman–Crippen MR) is 133 cm³/mol. The van der Waals surface area contributed by atoms with Crippen LogP contribution >= 0.6 is 0 Å². The average Bonchev–Trinajstić information content (AvgIpc) is 2.59. The van der Waals surface area contributed by atoms with Gasteiger partial charge in [-0.3, -0.25) is 4.79 Å². The second-order valence-electron chi connectivity index (χ2n) is 11.6. The van der Waals surface area contributed by atoms with E-state index >= 15 is 0 Å². The van der Waals surface area contributed by atoms with Crippen LogP contribution in [0.15, 0.2) is 0 Å². The highest BCUT2D eigenvalue weighted by Gasteiger charge is 2.27. The summed E-state index contributed by atoms with van der Waals surface area (Å²) >= 11 is 0. The summed E-state index contributed by atoms with van der Waals surface area (Å²) in [5.41, 5.74) is 0.276.